The maximum absolute atomic E-state index is 11.7. The lowest BCUT2D eigenvalue weighted by molar-refractivity contribution is -0.122. The number of rotatable bonds is 23. The van der Waals surface area contributed by atoms with E-state index in [1.165, 1.54) is 32.1 Å². The van der Waals surface area contributed by atoms with Gasteiger partial charge in [-0.15, -0.1) is 0 Å². The molecule has 0 heterocycles. The van der Waals surface area contributed by atoms with Crippen molar-refractivity contribution in [3.8, 4) is 0 Å². The van der Waals surface area contributed by atoms with Crippen LogP contribution in [0.15, 0.2) is 12.2 Å². The normalized spacial score (nSPS) is 13.8. The van der Waals surface area contributed by atoms with Gasteiger partial charge in [-0.3, -0.25) is 4.79 Å². The van der Waals surface area contributed by atoms with E-state index in [1.807, 2.05) is 17.8 Å². The molecule has 0 bridgehead atoms. The number of thioether (sulfide) groups is 1. The van der Waals surface area contributed by atoms with Gasteiger partial charge in [0, 0.05) is 37.5 Å². The van der Waals surface area contributed by atoms with Crippen molar-refractivity contribution in [2.45, 2.75) is 90.7 Å². The summed E-state index contributed by atoms with van der Waals surface area (Å²) in [6.07, 6.45) is 15.0. The fourth-order valence-corrected chi connectivity index (χ4v) is 3.96. The van der Waals surface area contributed by atoms with Crippen molar-refractivity contribution in [3.63, 3.8) is 0 Å². The highest BCUT2D eigenvalue weighted by molar-refractivity contribution is 7.99. The molecule has 0 aromatic carbocycles. The zero-order chi connectivity index (χ0) is 24.8. The summed E-state index contributed by atoms with van der Waals surface area (Å²) < 4.78 is 17.3. The van der Waals surface area contributed by atoms with Crippen molar-refractivity contribution < 1.29 is 19.0 Å². The number of carbonyl (C=O) groups excluding carboxylic acids is 1. The van der Waals surface area contributed by atoms with Gasteiger partial charge in [-0.1, -0.05) is 59.6 Å². The number of hydrogen-bond donors (Lipinski definition) is 1. The van der Waals surface area contributed by atoms with E-state index in [9.17, 15) is 4.79 Å². The summed E-state index contributed by atoms with van der Waals surface area (Å²) in [6, 6.07) is 0. The van der Waals surface area contributed by atoms with Crippen molar-refractivity contribution in [2.24, 2.45) is 11.8 Å². The molecule has 1 N–H and O–H groups in total. The third-order valence-corrected chi connectivity index (χ3v) is 7.00. The van der Waals surface area contributed by atoms with E-state index in [1.54, 1.807) is 0 Å². The quantitative estimate of drug-likeness (QED) is 0.136. The van der Waals surface area contributed by atoms with E-state index >= 15 is 0 Å². The van der Waals surface area contributed by atoms with Crippen LogP contribution in [0, 0.1) is 11.8 Å². The number of amides is 1. The van der Waals surface area contributed by atoms with Gasteiger partial charge in [0.25, 0.3) is 0 Å². The fourth-order valence-electron chi connectivity index (χ4n) is 3.27. The van der Waals surface area contributed by atoms with Gasteiger partial charge in [0.1, 0.15) is 0 Å². The largest absolute Gasteiger partial charge is 0.381 e. The Morgan fingerprint density at radius 2 is 1.52 bits per heavy atom. The van der Waals surface area contributed by atoms with E-state index in [0.717, 1.165) is 38.6 Å². The van der Waals surface area contributed by atoms with Crippen molar-refractivity contribution in [2.75, 3.05) is 52.4 Å². The number of hydrogen-bond acceptors (Lipinski definition) is 5. The van der Waals surface area contributed by atoms with Crippen LogP contribution in [0.2, 0.25) is 0 Å². The Bertz CT molecular complexity index is 485. The molecule has 5 nitrogen and oxygen atoms in total. The standard InChI is InChI=1S/C27H53NO4S/c1-24(2)12-10-17-28-26(29)14-21-32-23-22-31-19-11-16-27(5,33-6)15-8-7-9-18-30-20-13-25(3)4/h10,12,24-25H,7-9,11,13-23H2,1-6H3,(H,28,29)/b12-10+. The first-order valence-corrected chi connectivity index (χ1v) is 14.2. The summed E-state index contributed by atoms with van der Waals surface area (Å²) in [5, 5.41) is 2.86. The van der Waals surface area contributed by atoms with E-state index in [2.05, 4.69) is 52.3 Å². The first kappa shape index (κ1) is 32.4. The minimum atomic E-state index is 0.0272. The average molecular weight is 488 g/mol. The molecule has 0 radical (unpaired) electrons. The average Bonchev–Trinajstić information content (AvgIpc) is 2.77. The summed E-state index contributed by atoms with van der Waals surface area (Å²) >= 11 is 1.98. The van der Waals surface area contributed by atoms with Crippen LogP contribution in [0.1, 0.15) is 86.0 Å². The van der Waals surface area contributed by atoms with Crippen LogP contribution in [0.5, 0.6) is 0 Å². The summed E-state index contributed by atoms with van der Waals surface area (Å²) in [7, 11) is 0. The minimum Gasteiger partial charge on any atom is -0.381 e. The summed E-state index contributed by atoms with van der Waals surface area (Å²) in [4.78, 5) is 11.7. The van der Waals surface area contributed by atoms with Crippen LogP contribution in [-0.4, -0.2) is 63.1 Å². The predicted octanol–water partition coefficient (Wildman–Crippen LogP) is 6.26. The second-order valence-electron chi connectivity index (χ2n) is 9.81. The third-order valence-electron chi connectivity index (χ3n) is 5.60. The SMILES string of the molecule is CSC(C)(CCCCCOCCC(C)C)CCCOCCOCCC(=O)NC/C=C/C(C)C. The molecule has 33 heavy (non-hydrogen) atoms. The molecule has 0 aliphatic carbocycles. The summed E-state index contributed by atoms with van der Waals surface area (Å²) in [6.45, 7) is 15.8. The number of nitrogens with one attached hydrogen (secondary N) is 1. The Hall–Kier alpha value is -0.560. The highest BCUT2D eigenvalue weighted by Crippen LogP contribution is 2.33. The molecule has 0 aromatic rings. The van der Waals surface area contributed by atoms with Gasteiger partial charge in [-0.25, -0.2) is 0 Å². The predicted molar refractivity (Wildman–Crippen MR) is 143 cm³/mol. The molecule has 0 aliphatic heterocycles. The lowest BCUT2D eigenvalue weighted by Gasteiger charge is -2.27. The Labute approximate surface area is 209 Å². The molecule has 1 atom stereocenters. The molecule has 0 saturated heterocycles. The van der Waals surface area contributed by atoms with Crippen LogP contribution < -0.4 is 5.32 Å². The summed E-state index contributed by atoms with van der Waals surface area (Å²) in [5.41, 5.74) is 0. The lowest BCUT2D eigenvalue weighted by atomic mass is 9.97. The van der Waals surface area contributed by atoms with Crippen LogP contribution in [0.4, 0.5) is 0 Å². The molecule has 1 unspecified atom stereocenters. The van der Waals surface area contributed by atoms with E-state index in [0.29, 0.717) is 43.5 Å². The molecular weight excluding hydrogens is 434 g/mol. The third kappa shape index (κ3) is 23.0. The number of ether oxygens (including phenoxy) is 3. The summed E-state index contributed by atoms with van der Waals surface area (Å²) in [5.74, 6) is 1.26. The van der Waals surface area contributed by atoms with Crippen molar-refractivity contribution in [1.29, 1.82) is 0 Å². The molecule has 0 saturated carbocycles. The zero-order valence-corrected chi connectivity index (χ0v) is 23.3. The second kappa shape index (κ2) is 21.9. The Kier molecular flexibility index (Phi) is 21.6. The van der Waals surface area contributed by atoms with Gasteiger partial charge < -0.3 is 19.5 Å². The molecule has 0 rings (SSSR count). The first-order valence-electron chi connectivity index (χ1n) is 13.0. The second-order valence-corrected chi connectivity index (χ2v) is 11.2. The molecular formula is C27H53NO4S. The zero-order valence-electron chi connectivity index (χ0n) is 22.5. The number of carbonyl (C=O) groups is 1. The van der Waals surface area contributed by atoms with Crippen LogP contribution in [0.3, 0.4) is 0 Å². The fraction of sp³-hybridized carbons (Fsp3) is 0.889. The van der Waals surface area contributed by atoms with Gasteiger partial charge in [-0.2, -0.15) is 11.8 Å². The Morgan fingerprint density at radius 1 is 0.879 bits per heavy atom. The highest BCUT2D eigenvalue weighted by Gasteiger charge is 2.21. The van der Waals surface area contributed by atoms with Crippen molar-refractivity contribution >= 4 is 17.7 Å². The van der Waals surface area contributed by atoms with Gasteiger partial charge in [0.05, 0.1) is 19.8 Å². The molecule has 0 spiro atoms. The van der Waals surface area contributed by atoms with Gasteiger partial charge in [-0.05, 0) is 50.2 Å². The first-order chi connectivity index (χ1) is 15.8. The molecule has 0 aromatic heterocycles. The molecule has 0 fully saturated rings. The van der Waals surface area contributed by atoms with Crippen LogP contribution in [-0.2, 0) is 19.0 Å². The highest BCUT2D eigenvalue weighted by atomic mass is 32.2. The van der Waals surface area contributed by atoms with Gasteiger partial charge in [0.15, 0.2) is 0 Å². The lowest BCUT2D eigenvalue weighted by Crippen LogP contribution is -2.24. The van der Waals surface area contributed by atoms with E-state index in [4.69, 9.17) is 14.2 Å². The van der Waals surface area contributed by atoms with Gasteiger partial charge >= 0.3 is 0 Å². The van der Waals surface area contributed by atoms with Crippen molar-refractivity contribution in [3.05, 3.63) is 12.2 Å². The van der Waals surface area contributed by atoms with Crippen LogP contribution >= 0.6 is 11.8 Å². The van der Waals surface area contributed by atoms with E-state index < -0.39 is 0 Å². The molecule has 0 aliphatic rings. The molecule has 6 heteroatoms. The smallest absolute Gasteiger partial charge is 0.222 e. The number of allylic oxidation sites excluding steroid dienone is 1. The minimum absolute atomic E-state index is 0.0272. The Morgan fingerprint density at radius 3 is 2.18 bits per heavy atom. The molecule has 196 valence electrons. The molecule has 1 amide bonds. The van der Waals surface area contributed by atoms with E-state index in [-0.39, 0.29) is 5.91 Å². The van der Waals surface area contributed by atoms with Crippen LogP contribution in [0.25, 0.3) is 0 Å². The van der Waals surface area contributed by atoms with Gasteiger partial charge in [0.2, 0.25) is 5.91 Å². The number of unbranched alkanes of at least 4 members (excludes halogenated alkanes) is 2. The Balaban J connectivity index is 3.58. The van der Waals surface area contributed by atoms with Crippen molar-refractivity contribution in [1.82, 2.24) is 5.32 Å². The topological polar surface area (TPSA) is 56.8 Å². The maximum atomic E-state index is 11.7. The maximum Gasteiger partial charge on any atom is 0.222 e. The monoisotopic (exact) mass is 487 g/mol.